The number of halogens is 3. The van der Waals surface area contributed by atoms with Crippen LogP contribution < -0.4 is 0 Å². The van der Waals surface area contributed by atoms with Crippen molar-refractivity contribution in [3.63, 3.8) is 0 Å². The average molecular weight is 481 g/mol. The van der Waals surface area contributed by atoms with E-state index < -0.39 is 23.7 Å². The zero-order valence-electron chi connectivity index (χ0n) is 18.3. The molecule has 7 nitrogen and oxygen atoms in total. The van der Waals surface area contributed by atoms with Gasteiger partial charge in [0, 0.05) is 31.8 Å². The summed E-state index contributed by atoms with van der Waals surface area (Å²) in [7, 11) is 0. The van der Waals surface area contributed by atoms with Gasteiger partial charge in [0.05, 0.1) is 25.4 Å². The summed E-state index contributed by atoms with van der Waals surface area (Å²) in [4.78, 5) is 21.4. The van der Waals surface area contributed by atoms with Gasteiger partial charge < -0.3 is 19.7 Å². The summed E-state index contributed by atoms with van der Waals surface area (Å²) in [5.41, 5.74) is 0.988. The lowest BCUT2D eigenvalue weighted by atomic mass is 10.00. The lowest BCUT2D eigenvalue weighted by Crippen LogP contribution is -2.38. The lowest BCUT2D eigenvalue weighted by molar-refractivity contribution is -0.137. The van der Waals surface area contributed by atoms with E-state index in [0.29, 0.717) is 24.3 Å². The molecule has 0 aromatic heterocycles. The molecule has 34 heavy (non-hydrogen) atoms. The molecule has 0 saturated carbocycles. The van der Waals surface area contributed by atoms with Gasteiger partial charge in [0.25, 0.3) is 0 Å². The molecule has 1 unspecified atom stereocenters. The second kappa shape index (κ2) is 13.5. The number of hydrogen-bond acceptors (Lipinski definition) is 5. The summed E-state index contributed by atoms with van der Waals surface area (Å²) in [6, 6.07) is 14.8. The van der Waals surface area contributed by atoms with Gasteiger partial charge in [-0.3, -0.25) is 4.90 Å². The summed E-state index contributed by atoms with van der Waals surface area (Å²) in [5, 5.41) is 15.6. The Hall–Kier alpha value is -3.21. The Kier molecular flexibility index (Phi) is 10.7. The Labute approximate surface area is 195 Å². The standard InChI is InChI=1S/C20H22F3NO2.C4H4O4/c21-20(22,23)18-8-6-17(7-9-18)19(16-4-2-1-3-5-16)26-15-12-24-10-13-25-14-11-24;5-3(6)1-2-4(7)8/h1-9,19H,10-15H2;1-2H,(H,5,6)(H,7,8)/b;2-1+. The van der Waals surface area contributed by atoms with E-state index in [0.717, 1.165) is 50.5 Å². The van der Waals surface area contributed by atoms with Crippen LogP contribution in [0.4, 0.5) is 13.2 Å². The van der Waals surface area contributed by atoms with Crippen LogP contribution in [-0.2, 0) is 25.2 Å². The highest BCUT2D eigenvalue weighted by atomic mass is 19.4. The zero-order chi connectivity index (χ0) is 25.0. The van der Waals surface area contributed by atoms with E-state index in [1.807, 2.05) is 30.3 Å². The molecule has 1 heterocycles. The molecule has 1 aliphatic rings. The minimum absolute atomic E-state index is 0.389. The fourth-order valence-electron chi connectivity index (χ4n) is 3.13. The normalized spacial score (nSPS) is 15.4. The predicted octanol–water partition coefficient (Wildman–Crippen LogP) is 3.86. The van der Waals surface area contributed by atoms with Crippen LogP contribution in [-0.4, -0.2) is 66.5 Å². The van der Waals surface area contributed by atoms with E-state index in [2.05, 4.69) is 4.90 Å². The minimum atomic E-state index is -4.34. The van der Waals surface area contributed by atoms with Crippen molar-refractivity contribution in [3.8, 4) is 0 Å². The number of ether oxygens (including phenoxy) is 2. The number of carboxylic acid groups (broad SMARTS) is 2. The summed E-state index contributed by atoms with van der Waals surface area (Å²) >= 11 is 0. The fraction of sp³-hybridized carbons (Fsp3) is 0.333. The molecule has 1 aliphatic heterocycles. The quantitative estimate of drug-likeness (QED) is 0.553. The van der Waals surface area contributed by atoms with Crippen LogP contribution in [0, 0.1) is 0 Å². The minimum Gasteiger partial charge on any atom is -0.478 e. The molecular formula is C24H26F3NO6. The van der Waals surface area contributed by atoms with Crippen molar-refractivity contribution in [3.05, 3.63) is 83.4 Å². The van der Waals surface area contributed by atoms with Crippen molar-refractivity contribution in [2.45, 2.75) is 12.3 Å². The number of alkyl halides is 3. The fourth-order valence-corrected chi connectivity index (χ4v) is 3.13. The molecule has 1 atom stereocenters. The molecule has 2 aromatic rings. The Morgan fingerprint density at radius 1 is 0.941 bits per heavy atom. The molecule has 0 spiro atoms. The molecule has 2 N–H and O–H groups in total. The largest absolute Gasteiger partial charge is 0.478 e. The molecule has 0 radical (unpaired) electrons. The Morgan fingerprint density at radius 2 is 1.47 bits per heavy atom. The number of carboxylic acids is 2. The number of benzene rings is 2. The first kappa shape index (κ1) is 27.0. The number of nitrogens with zero attached hydrogens (tertiary/aromatic N) is 1. The third-order valence-electron chi connectivity index (χ3n) is 4.81. The molecule has 184 valence electrons. The first-order valence-electron chi connectivity index (χ1n) is 10.4. The van der Waals surface area contributed by atoms with Crippen LogP contribution >= 0.6 is 0 Å². The first-order chi connectivity index (χ1) is 16.2. The average Bonchev–Trinajstić information content (AvgIpc) is 2.82. The van der Waals surface area contributed by atoms with Crippen LogP contribution in [0.15, 0.2) is 66.7 Å². The van der Waals surface area contributed by atoms with Crippen LogP contribution in [0.5, 0.6) is 0 Å². The van der Waals surface area contributed by atoms with E-state index in [9.17, 15) is 22.8 Å². The van der Waals surface area contributed by atoms with E-state index in [1.54, 1.807) is 0 Å². The van der Waals surface area contributed by atoms with Gasteiger partial charge in [-0.05, 0) is 23.3 Å². The van der Waals surface area contributed by atoms with E-state index in [4.69, 9.17) is 19.7 Å². The van der Waals surface area contributed by atoms with Crippen molar-refractivity contribution in [2.75, 3.05) is 39.5 Å². The number of rotatable bonds is 8. The van der Waals surface area contributed by atoms with Gasteiger partial charge in [-0.25, -0.2) is 9.59 Å². The Balaban J connectivity index is 0.000000440. The Bertz CT molecular complexity index is 910. The topological polar surface area (TPSA) is 96.3 Å². The molecular weight excluding hydrogens is 455 g/mol. The molecule has 0 amide bonds. The second-order valence-electron chi connectivity index (χ2n) is 7.25. The van der Waals surface area contributed by atoms with Crippen LogP contribution in [0.1, 0.15) is 22.8 Å². The highest BCUT2D eigenvalue weighted by Gasteiger charge is 2.30. The van der Waals surface area contributed by atoms with Crippen molar-refractivity contribution in [2.24, 2.45) is 0 Å². The van der Waals surface area contributed by atoms with Crippen molar-refractivity contribution >= 4 is 11.9 Å². The Morgan fingerprint density at radius 3 is 1.97 bits per heavy atom. The van der Waals surface area contributed by atoms with Gasteiger partial charge in [-0.1, -0.05) is 42.5 Å². The number of morpholine rings is 1. The summed E-state index contributed by atoms with van der Waals surface area (Å²) < 4.78 is 49.8. The zero-order valence-corrected chi connectivity index (χ0v) is 18.3. The van der Waals surface area contributed by atoms with Crippen LogP contribution in [0.2, 0.25) is 0 Å². The maximum absolute atomic E-state index is 12.8. The first-order valence-corrected chi connectivity index (χ1v) is 10.4. The van der Waals surface area contributed by atoms with Gasteiger partial charge in [-0.2, -0.15) is 13.2 Å². The van der Waals surface area contributed by atoms with Gasteiger partial charge in [0.15, 0.2) is 0 Å². The van der Waals surface area contributed by atoms with Crippen LogP contribution in [0.25, 0.3) is 0 Å². The van der Waals surface area contributed by atoms with Crippen molar-refractivity contribution in [1.82, 2.24) is 4.90 Å². The van der Waals surface area contributed by atoms with Gasteiger partial charge in [0.2, 0.25) is 0 Å². The van der Waals surface area contributed by atoms with E-state index >= 15 is 0 Å². The smallest absolute Gasteiger partial charge is 0.416 e. The van der Waals surface area contributed by atoms with Gasteiger partial charge in [0.1, 0.15) is 6.10 Å². The lowest BCUT2D eigenvalue weighted by Gasteiger charge is -2.27. The summed E-state index contributed by atoms with van der Waals surface area (Å²) in [5.74, 6) is -2.51. The molecule has 0 bridgehead atoms. The van der Waals surface area contributed by atoms with E-state index in [-0.39, 0.29) is 6.10 Å². The molecule has 0 aliphatic carbocycles. The van der Waals surface area contributed by atoms with Crippen LogP contribution in [0.3, 0.4) is 0 Å². The maximum Gasteiger partial charge on any atom is 0.416 e. The molecule has 2 aromatic carbocycles. The summed E-state index contributed by atoms with van der Waals surface area (Å²) in [6.07, 6.45) is -3.61. The number of aliphatic carboxylic acids is 2. The highest BCUT2D eigenvalue weighted by molar-refractivity contribution is 5.89. The molecule has 1 fully saturated rings. The number of hydrogen-bond donors (Lipinski definition) is 2. The molecule has 10 heteroatoms. The number of carbonyl (C=O) groups is 2. The van der Waals surface area contributed by atoms with E-state index in [1.165, 1.54) is 12.1 Å². The van der Waals surface area contributed by atoms with Gasteiger partial charge in [-0.15, -0.1) is 0 Å². The predicted molar refractivity (Wildman–Crippen MR) is 117 cm³/mol. The monoisotopic (exact) mass is 481 g/mol. The van der Waals surface area contributed by atoms with Gasteiger partial charge >= 0.3 is 18.1 Å². The van der Waals surface area contributed by atoms with Crippen molar-refractivity contribution < 1.29 is 42.4 Å². The van der Waals surface area contributed by atoms with Crippen molar-refractivity contribution in [1.29, 1.82) is 0 Å². The highest BCUT2D eigenvalue weighted by Crippen LogP contribution is 2.32. The SMILES string of the molecule is FC(F)(F)c1ccc(C(OCCN2CCOCC2)c2ccccc2)cc1.O=C(O)/C=C/C(=O)O. The summed E-state index contributed by atoms with van der Waals surface area (Å²) in [6.45, 7) is 4.47. The second-order valence-corrected chi connectivity index (χ2v) is 7.25. The third kappa shape index (κ3) is 9.74. The maximum atomic E-state index is 12.8. The third-order valence-corrected chi connectivity index (χ3v) is 4.81. The molecule has 3 rings (SSSR count). The molecule has 1 saturated heterocycles.